The molecule has 0 saturated carbocycles. The van der Waals surface area contributed by atoms with Crippen LogP contribution in [0.4, 0.5) is 0 Å². The average Bonchev–Trinajstić information content (AvgIpc) is 2.21. The molecule has 0 bridgehead atoms. The van der Waals surface area contributed by atoms with Crippen LogP contribution >= 0.6 is 0 Å². The first-order valence-corrected chi connectivity index (χ1v) is 8.37. The van der Waals surface area contributed by atoms with Crippen LogP contribution in [-0.2, 0) is 9.59 Å². The molecule has 4 nitrogen and oxygen atoms in total. The molecule has 0 aliphatic heterocycles. The predicted molar refractivity (Wildman–Crippen MR) is 82.2 cm³/mol. The Balaban J connectivity index is 0. The first-order valence-electron chi connectivity index (χ1n) is 7.37. The zero-order chi connectivity index (χ0) is 16.4. The minimum Gasteiger partial charge on any atom is -0.481 e. The first-order chi connectivity index (χ1) is 8.94. The maximum absolute atomic E-state index is 9.43. The molecule has 0 aromatic rings. The van der Waals surface area contributed by atoms with Gasteiger partial charge in [0.15, 0.2) is 0 Å². The van der Waals surface area contributed by atoms with Gasteiger partial charge in [-0.2, -0.15) is 0 Å². The molecule has 0 heterocycles. The summed E-state index contributed by atoms with van der Waals surface area (Å²) in [6.07, 6.45) is 6.27. The normalized spacial score (nSPS) is 13.9. The van der Waals surface area contributed by atoms with Gasteiger partial charge >= 0.3 is 115 Å². The molecule has 2 N–H and O–H groups in total. The molecule has 0 aromatic carbocycles. The number of hydrogen-bond acceptors (Lipinski definition) is 2. The summed E-state index contributed by atoms with van der Waals surface area (Å²) in [5.74, 6) is -2.62. The summed E-state index contributed by atoms with van der Waals surface area (Å²) in [5.41, 5.74) is 0.505. The van der Waals surface area contributed by atoms with Crippen molar-refractivity contribution in [2.45, 2.75) is 75.8 Å². The van der Waals surface area contributed by atoms with Gasteiger partial charge < -0.3 is 10.2 Å². The van der Waals surface area contributed by atoms with Crippen molar-refractivity contribution in [1.29, 1.82) is 0 Å². The monoisotopic (exact) mass is 296 g/mol. The number of rotatable bonds is 7. The molecule has 0 rings (SSSR count). The Hall–Kier alpha value is -0.0600. The molecular formula is C15H29NaO4. The fraction of sp³-hybridized carbons (Fsp3) is 0.867. The standard InChI is InChI=1S/C12H25.C3H4O4.Na/c1-6-7-8-9-10-11(2)12(3,4)5;4-2(5)1-3(6)7;/h6-10H2,1-5H3;1H2,(H,4,5)(H,6,7);. The van der Waals surface area contributed by atoms with Crippen LogP contribution in [0.25, 0.3) is 0 Å². The molecule has 0 aliphatic rings. The molecule has 0 amide bonds. The van der Waals surface area contributed by atoms with Gasteiger partial charge in [-0.3, -0.25) is 9.59 Å². The van der Waals surface area contributed by atoms with Gasteiger partial charge in [-0.05, 0) is 0 Å². The molecule has 114 valence electrons. The van der Waals surface area contributed by atoms with Crippen LogP contribution in [0, 0.1) is 5.41 Å². The second-order valence-corrected chi connectivity index (χ2v) is 9.12. The maximum atomic E-state index is 9.43. The van der Waals surface area contributed by atoms with Crippen molar-refractivity contribution in [3.8, 4) is 0 Å². The summed E-state index contributed by atoms with van der Waals surface area (Å²) in [7, 11) is 0. The van der Waals surface area contributed by atoms with E-state index in [4.69, 9.17) is 10.2 Å². The van der Waals surface area contributed by atoms with Crippen LogP contribution in [0.5, 0.6) is 0 Å². The van der Waals surface area contributed by atoms with Crippen LogP contribution < -0.4 is 0 Å². The molecule has 1 atom stereocenters. The predicted octanol–water partition coefficient (Wildman–Crippen LogP) is 3.90. The van der Waals surface area contributed by atoms with Crippen LogP contribution in [0.1, 0.15) is 73.1 Å². The first kappa shape index (κ1) is 22.2. The summed E-state index contributed by atoms with van der Waals surface area (Å²) in [5, 5.41) is 15.4. The zero-order valence-corrected chi connectivity index (χ0v) is 16.0. The molecular weight excluding hydrogens is 267 g/mol. The van der Waals surface area contributed by atoms with Crippen molar-refractivity contribution in [2.75, 3.05) is 0 Å². The Morgan fingerprint density at radius 3 is 1.65 bits per heavy atom. The average molecular weight is 296 g/mol. The van der Waals surface area contributed by atoms with Gasteiger partial charge in [0.05, 0.1) is 0 Å². The molecule has 0 aliphatic carbocycles. The van der Waals surface area contributed by atoms with Gasteiger partial charge in [0.2, 0.25) is 0 Å². The van der Waals surface area contributed by atoms with Crippen LogP contribution in [0.3, 0.4) is 0 Å². The second-order valence-electron chi connectivity index (χ2n) is 6.91. The van der Waals surface area contributed by atoms with Crippen molar-refractivity contribution < 1.29 is 19.8 Å². The van der Waals surface area contributed by atoms with Crippen LogP contribution in [0.2, 0.25) is 2.66 Å². The maximum Gasteiger partial charge on any atom is 0.314 e. The quantitative estimate of drug-likeness (QED) is 0.424. The van der Waals surface area contributed by atoms with Crippen molar-refractivity contribution in [3.63, 3.8) is 0 Å². The smallest absolute Gasteiger partial charge is 0.314 e. The Kier molecular flexibility index (Phi) is 11.8. The van der Waals surface area contributed by atoms with Crippen molar-refractivity contribution in [3.05, 3.63) is 0 Å². The second kappa shape index (κ2) is 10.6. The Morgan fingerprint density at radius 2 is 1.40 bits per heavy atom. The van der Waals surface area contributed by atoms with E-state index >= 15 is 0 Å². The van der Waals surface area contributed by atoms with Gasteiger partial charge in [-0.1, -0.05) is 0 Å². The van der Waals surface area contributed by atoms with E-state index in [1.54, 1.807) is 0 Å². The summed E-state index contributed by atoms with van der Waals surface area (Å²) < 4.78 is 0.626. The van der Waals surface area contributed by atoms with Crippen LogP contribution in [0.15, 0.2) is 0 Å². The van der Waals surface area contributed by atoms with Gasteiger partial charge in [0, 0.05) is 0 Å². The fourth-order valence-corrected chi connectivity index (χ4v) is 1.85. The van der Waals surface area contributed by atoms with Crippen molar-refractivity contribution in [2.24, 2.45) is 5.41 Å². The molecule has 0 radical (unpaired) electrons. The number of unbranched alkanes of at least 4 members (excludes halogenated alkanes) is 3. The van der Waals surface area contributed by atoms with Gasteiger partial charge in [-0.25, -0.2) is 0 Å². The topological polar surface area (TPSA) is 74.6 Å². The summed E-state index contributed by atoms with van der Waals surface area (Å²) in [6.45, 7) is 11.9. The van der Waals surface area contributed by atoms with Crippen molar-refractivity contribution >= 4 is 39.9 Å². The van der Waals surface area contributed by atoms with E-state index in [1.807, 2.05) is 0 Å². The number of aliphatic carboxylic acids is 2. The van der Waals surface area contributed by atoms with Crippen LogP contribution in [-0.4, -0.2) is 50.1 Å². The number of carboxylic acid groups (broad SMARTS) is 2. The minimum absolute atomic E-state index is 0.505. The van der Waals surface area contributed by atoms with E-state index in [9.17, 15) is 9.59 Å². The molecule has 1 unspecified atom stereocenters. The van der Waals surface area contributed by atoms with Gasteiger partial charge in [0.1, 0.15) is 6.42 Å². The molecule has 0 aromatic heterocycles. The summed E-state index contributed by atoms with van der Waals surface area (Å²) >= 11 is 1.33. The minimum atomic E-state index is -1.31. The van der Waals surface area contributed by atoms with E-state index < -0.39 is 18.4 Å². The SMILES string of the molecule is CCCCCC[C](C)([Na])C(C)(C)C.O=C(O)CC(=O)O. The van der Waals surface area contributed by atoms with E-state index in [1.165, 1.54) is 60.0 Å². The Labute approximate surface area is 140 Å². The molecule has 0 spiro atoms. The summed E-state index contributed by atoms with van der Waals surface area (Å²) in [6, 6.07) is 0. The molecule has 5 heteroatoms. The third kappa shape index (κ3) is 12.9. The third-order valence-corrected chi connectivity index (χ3v) is 5.99. The van der Waals surface area contributed by atoms with Crippen molar-refractivity contribution in [1.82, 2.24) is 0 Å². The molecule has 20 heavy (non-hydrogen) atoms. The number of carbonyl (C=O) groups is 2. The van der Waals surface area contributed by atoms with E-state index in [0.29, 0.717) is 8.08 Å². The zero-order valence-electron chi connectivity index (χ0n) is 14.0. The fourth-order valence-electron chi connectivity index (χ4n) is 1.50. The number of hydrogen-bond donors (Lipinski definition) is 2. The Bertz CT molecular complexity index is 281. The van der Waals surface area contributed by atoms with E-state index in [-0.39, 0.29) is 0 Å². The Morgan fingerprint density at radius 1 is 0.950 bits per heavy atom. The number of carboxylic acids is 2. The van der Waals surface area contributed by atoms with Gasteiger partial charge in [0.25, 0.3) is 0 Å². The molecule has 0 fully saturated rings. The van der Waals surface area contributed by atoms with Gasteiger partial charge in [-0.15, -0.1) is 0 Å². The summed E-state index contributed by atoms with van der Waals surface area (Å²) in [4.78, 5) is 18.9. The molecule has 0 saturated heterocycles. The van der Waals surface area contributed by atoms with E-state index in [0.717, 1.165) is 0 Å². The van der Waals surface area contributed by atoms with E-state index in [2.05, 4.69) is 34.6 Å². The third-order valence-electron chi connectivity index (χ3n) is 3.99. The largest absolute Gasteiger partial charge is 0.481 e.